The summed E-state index contributed by atoms with van der Waals surface area (Å²) in [5, 5.41) is 3.58. The molecule has 0 atom stereocenters. The molecule has 100 valence electrons. The fraction of sp³-hybridized carbons (Fsp3) is 0.533. The largest absolute Gasteiger partial charge is 0.382 e. The Labute approximate surface area is 110 Å². The zero-order chi connectivity index (χ0) is 13.2. The van der Waals surface area contributed by atoms with Crippen LogP contribution in [-0.2, 0) is 6.42 Å². The van der Waals surface area contributed by atoms with Crippen LogP contribution in [0.4, 0.5) is 0 Å². The minimum absolute atomic E-state index is 0.427. The topological polar surface area (TPSA) is 64.4 Å². The highest BCUT2D eigenvalue weighted by Crippen LogP contribution is 2.13. The number of nitrogens with zero attached hydrogens (tertiary/aromatic N) is 1. The van der Waals surface area contributed by atoms with Crippen LogP contribution in [-0.4, -0.2) is 5.84 Å². The van der Waals surface area contributed by atoms with E-state index in [1.807, 2.05) is 18.2 Å². The van der Waals surface area contributed by atoms with Crippen molar-refractivity contribution >= 4 is 5.84 Å². The van der Waals surface area contributed by atoms with Crippen molar-refractivity contribution in [3.63, 3.8) is 0 Å². The first kappa shape index (κ1) is 14.6. The first-order chi connectivity index (χ1) is 8.79. The Morgan fingerprint density at radius 3 is 2.44 bits per heavy atom. The van der Waals surface area contributed by atoms with Gasteiger partial charge in [0, 0.05) is 5.56 Å². The van der Waals surface area contributed by atoms with Gasteiger partial charge in [0.15, 0.2) is 5.84 Å². The van der Waals surface area contributed by atoms with Gasteiger partial charge in [0.25, 0.3) is 0 Å². The highest BCUT2D eigenvalue weighted by Gasteiger charge is 2.04. The van der Waals surface area contributed by atoms with Crippen LogP contribution in [0.5, 0.6) is 0 Å². The number of nitrogens with two attached hydrogens (primary N) is 2. The first-order valence-corrected chi connectivity index (χ1v) is 6.91. The van der Waals surface area contributed by atoms with Crippen LogP contribution in [0.25, 0.3) is 0 Å². The fourth-order valence-corrected chi connectivity index (χ4v) is 2.15. The maximum atomic E-state index is 5.79. The summed E-state index contributed by atoms with van der Waals surface area (Å²) in [4.78, 5) is 0. The molecule has 0 aliphatic rings. The van der Waals surface area contributed by atoms with Gasteiger partial charge in [-0.1, -0.05) is 63.3 Å². The average molecular weight is 247 g/mol. The SMILES string of the molecule is CCCCCCCCc1ccccc1/C(N)=N/N. The molecule has 0 aliphatic carbocycles. The van der Waals surface area contributed by atoms with E-state index in [4.69, 9.17) is 11.6 Å². The second-order valence-corrected chi connectivity index (χ2v) is 4.69. The highest BCUT2D eigenvalue weighted by molar-refractivity contribution is 5.98. The van der Waals surface area contributed by atoms with Gasteiger partial charge in [-0.05, 0) is 18.4 Å². The summed E-state index contributed by atoms with van der Waals surface area (Å²) in [7, 11) is 0. The van der Waals surface area contributed by atoms with Crippen LogP contribution < -0.4 is 11.6 Å². The molecule has 3 nitrogen and oxygen atoms in total. The van der Waals surface area contributed by atoms with Crippen LogP contribution in [0, 0.1) is 0 Å². The predicted molar refractivity (Wildman–Crippen MR) is 78.4 cm³/mol. The Hall–Kier alpha value is -1.51. The van der Waals surface area contributed by atoms with E-state index in [1.165, 1.54) is 44.1 Å². The number of aryl methyl sites for hydroxylation is 1. The summed E-state index contributed by atoms with van der Waals surface area (Å²) in [6.07, 6.45) is 8.88. The van der Waals surface area contributed by atoms with Gasteiger partial charge in [0.1, 0.15) is 0 Å². The van der Waals surface area contributed by atoms with E-state index in [2.05, 4.69) is 18.1 Å². The minimum atomic E-state index is 0.427. The van der Waals surface area contributed by atoms with Crippen molar-refractivity contribution < 1.29 is 0 Å². The third-order valence-corrected chi connectivity index (χ3v) is 3.23. The van der Waals surface area contributed by atoms with Gasteiger partial charge in [0.2, 0.25) is 0 Å². The Bertz CT molecular complexity index is 372. The van der Waals surface area contributed by atoms with Crippen LogP contribution in [0.1, 0.15) is 56.6 Å². The molecule has 1 rings (SSSR count). The molecule has 0 bridgehead atoms. The molecule has 4 N–H and O–H groups in total. The molecule has 0 saturated carbocycles. The number of amidine groups is 1. The molecule has 0 spiro atoms. The van der Waals surface area contributed by atoms with Crippen LogP contribution in [0.3, 0.4) is 0 Å². The Morgan fingerprint density at radius 1 is 1.06 bits per heavy atom. The number of hydrogen-bond acceptors (Lipinski definition) is 2. The fourth-order valence-electron chi connectivity index (χ4n) is 2.15. The molecule has 0 unspecified atom stereocenters. The Morgan fingerprint density at radius 2 is 1.72 bits per heavy atom. The monoisotopic (exact) mass is 247 g/mol. The van der Waals surface area contributed by atoms with E-state index < -0.39 is 0 Å². The quantitative estimate of drug-likeness (QED) is 0.244. The molecule has 0 radical (unpaired) electrons. The van der Waals surface area contributed by atoms with Crippen LogP contribution >= 0.6 is 0 Å². The zero-order valence-corrected chi connectivity index (χ0v) is 11.4. The van der Waals surface area contributed by atoms with Gasteiger partial charge >= 0.3 is 0 Å². The van der Waals surface area contributed by atoms with Crippen LogP contribution in [0.2, 0.25) is 0 Å². The summed E-state index contributed by atoms with van der Waals surface area (Å²) in [5.41, 5.74) is 8.02. The van der Waals surface area contributed by atoms with E-state index in [1.54, 1.807) is 0 Å². The summed E-state index contributed by atoms with van der Waals surface area (Å²) in [5.74, 6) is 5.67. The van der Waals surface area contributed by atoms with Gasteiger partial charge in [-0.3, -0.25) is 0 Å². The van der Waals surface area contributed by atoms with Gasteiger partial charge in [-0.25, -0.2) is 0 Å². The van der Waals surface area contributed by atoms with Gasteiger partial charge in [-0.2, -0.15) is 5.10 Å². The van der Waals surface area contributed by atoms with Crippen LogP contribution in [0.15, 0.2) is 29.4 Å². The van der Waals surface area contributed by atoms with Crippen molar-refractivity contribution in [1.29, 1.82) is 0 Å². The maximum Gasteiger partial charge on any atom is 0.150 e. The van der Waals surface area contributed by atoms with Gasteiger partial charge < -0.3 is 11.6 Å². The zero-order valence-electron chi connectivity index (χ0n) is 11.4. The molecule has 3 heteroatoms. The third kappa shape index (κ3) is 4.78. The molecular weight excluding hydrogens is 222 g/mol. The summed E-state index contributed by atoms with van der Waals surface area (Å²) in [6, 6.07) is 8.11. The first-order valence-electron chi connectivity index (χ1n) is 6.91. The highest BCUT2D eigenvalue weighted by atomic mass is 15.2. The Kier molecular flexibility index (Phi) is 6.92. The average Bonchev–Trinajstić information content (AvgIpc) is 2.42. The van der Waals surface area contributed by atoms with E-state index in [9.17, 15) is 0 Å². The van der Waals surface area contributed by atoms with Crippen molar-refractivity contribution in [2.24, 2.45) is 16.7 Å². The second kappa shape index (κ2) is 8.56. The Balaban J connectivity index is 2.42. The number of benzene rings is 1. The van der Waals surface area contributed by atoms with E-state index in [-0.39, 0.29) is 0 Å². The number of unbranched alkanes of at least 4 members (excludes halogenated alkanes) is 5. The molecule has 0 aliphatic heterocycles. The third-order valence-electron chi connectivity index (χ3n) is 3.23. The number of rotatable bonds is 8. The predicted octanol–water partition coefficient (Wildman–Crippen LogP) is 3.17. The van der Waals surface area contributed by atoms with Gasteiger partial charge in [0.05, 0.1) is 0 Å². The van der Waals surface area contributed by atoms with Crippen molar-refractivity contribution in [3.05, 3.63) is 35.4 Å². The minimum Gasteiger partial charge on any atom is -0.382 e. The molecule has 0 aromatic heterocycles. The molecule has 0 amide bonds. The molecule has 0 heterocycles. The lowest BCUT2D eigenvalue weighted by molar-refractivity contribution is 0.607. The maximum absolute atomic E-state index is 5.79. The lowest BCUT2D eigenvalue weighted by atomic mass is 10.00. The summed E-state index contributed by atoms with van der Waals surface area (Å²) in [6.45, 7) is 2.24. The van der Waals surface area contributed by atoms with E-state index >= 15 is 0 Å². The molecule has 18 heavy (non-hydrogen) atoms. The van der Waals surface area contributed by atoms with Gasteiger partial charge in [-0.15, -0.1) is 0 Å². The molecule has 1 aromatic carbocycles. The lowest BCUT2D eigenvalue weighted by Crippen LogP contribution is -2.17. The molecule has 0 fully saturated rings. The van der Waals surface area contributed by atoms with E-state index in [0.29, 0.717) is 5.84 Å². The van der Waals surface area contributed by atoms with Crippen molar-refractivity contribution in [3.8, 4) is 0 Å². The molecular formula is C15H25N3. The normalized spacial score (nSPS) is 11.7. The molecule has 1 aromatic rings. The standard InChI is InChI=1S/C15H25N3/c1-2-3-4-5-6-7-10-13-11-8-9-12-14(13)15(16)18-17/h8-9,11-12H,2-7,10,17H2,1H3,(H2,16,18). The summed E-state index contributed by atoms with van der Waals surface area (Å²) < 4.78 is 0. The van der Waals surface area contributed by atoms with Crippen molar-refractivity contribution in [2.75, 3.05) is 0 Å². The smallest absolute Gasteiger partial charge is 0.150 e. The van der Waals surface area contributed by atoms with E-state index in [0.717, 1.165) is 12.0 Å². The van der Waals surface area contributed by atoms with Crippen molar-refractivity contribution in [2.45, 2.75) is 51.9 Å². The summed E-state index contributed by atoms with van der Waals surface area (Å²) >= 11 is 0. The number of hydrogen-bond donors (Lipinski definition) is 2. The lowest BCUT2D eigenvalue weighted by Gasteiger charge is -2.08. The second-order valence-electron chi connectivity index (χ2n) is 4.69. The molecule has 0 saturated heterocycles. The number of hydrazone groups is 1. The van der Waals surface area contributed by atoms with Crippen molar-refractivity contribution in [1.82, 2.24) is 0 Å².